The predicted molar refractivity (Wildman–Crippen MR) is 46.5 cm³/mol. The minimum absolute atomic E-state index is 0.0314. The maximum atomic E-state index is 9.07. The summed E-state index contributed by atoms with van der Waals surface area (Å²) in [5.41, 5.74) is 11.9. The molecule has 0 unspecified atom stereocenters. The van der Waals surface area contributed by atoms with Crippen molar-refractivity contribution < 1.29 is 10.2 Å². The third-order valence-corrected chi connectivity index (χ3v) is 1.68. The van der Waals surface area contributed by atoms with E-state index in [1.807, 2.05) is 0 Å². The molecule has 0 aliphatic carbocycles. The van der Waals surface area contributed by atoms with Gasteiger partial charge in [0.15, 0.2) is 0 Å². The van der Waals surface area contributed by atoms with Gasteiger partial charge in [-0.1, -0.05) is 6.07 Å². The van der Waals surface area contributed by atoms with Crippen molar-refractivity contribution in [1.82, 2.24) is 0 Å². The van der Waals surface area contributed by atoms with Gasteiger partial charge in [-0.15, -0.1) is 0 Å². The van der Waals surface area contributed by atoms with Gasteiger partial charge in [0.2, 0.25) is 0 Å². The van der Waals surface area contributed by atoms with E-state index in [1.54, 1.807) is 12.1 Å². The molecule has 0 heterocycles. The van der Waals surface area contributed by atoms with Gasteiger partial charge in [0.05, 0.1) is 18.3 Å². The Hall–Kier alpha value is -1.26. The molecule has 0 fully saturated rings. The van der Waals surface area contributed by atoms with Gasteiger partial charge in [0, 0.05) is 0 Å². The summed E-state index contributed by atoms with van der Waals surface area (Å²) in [6.45, 7) is -0.135. The largest absolute Gasteiger partial charge is 0.506 e. The van der Waals surface area contributed by atoms with Gasteiger partial charge >= 0.3 is 0 Å². The molecule has 0 bridgehead atoms. The Morgan fingerprint density at radius 1 is 1.42 bits per heavy atom. The van der Waals surface area contributed by atoms with Crippen LogP contribution in [0.4, 0.5) is 5.69 Å². The van der Waals surface area contributed by atoms with E-state index in [-0.39, 0.29) is 18.0 Å². The molecule has 0 saturated heterocycles. The van der Waals surface area contributed by atoms with Crippen LogP contribution in [-0.4, -0.2) is 16.8 Å². The molecule has 12 heavy (non-hydrogen) atoms. The highest BCUT2D eigenvalue weighted by molar-refractivity contribution is 5.53. The first kappa shape index (κ1) is 8.83. The van der Waals surface area contributed by atoms with Crippen molar-refractivity contribution in [1.29, 1.82) is 0 Å². The third kappa shape index (κ3) is 1.66. The van der Waals surface area contributed by atoms with Crippen LogP contribution in [0.2, 0.25) is 0 Å². The lowest BCUT2D eigenvalue weighted by Gasteiger charge is -2.09. The highest BCUT2D eigenvalue weighted by Crippen LogP contribution is 2.22. The summed E-state index contributed by atoms with van der Waals surface area (Å²) in [5.74, 6) is 0.0314. The van der Waals surface area contributed by atoms with Crippen LogP contribution in [0, 0.1) is 0 Å². The number of aliphatic hydroxyl groups is 1. The molecule has 0 radical (unpaired) electrons. The summed E-state index contributed by atoms with van der Waals surface area (Å²) in [5, 5.41) is 17.8. The summed E-state index contributed by atoms with van der Waals surface area (Å²) in [7, 11) is 0. The van der Waals surface area contributed by atoms with Gasteiger partial charge in [-0.05, 0) is 17.7 Å². The normalized spacial score (nSPS) is 12.8. The number of hydrogen-bond donors (Lipinski definition) is 4. The van der Waals surface area contributed by atoms with Crippen molar-refractivity contribution in [2.75, 3.05) is 12.3 Å². The average Bonchev–Trinajstić information content (AvgIpc) is 2.08. The minimum Gasteiger partial charge on any atom is -0.506 e. The molecule has 0 aromatic heterocycles. The highest BCUT2D eigenvalue weighted by atomic mass is 16.3. The van der Waals surface area contributed by atoms with Crippen LogP contribution in [0.3, 0.4) is 0 Å². The van der Waals surface area contributed by atoms with E-state index in [2.05, 4.69) is 0 Å². The minimum atomic E-state index is -0.437. The number of nitrogen functional groups attached to an aromatic ring is 1. The summed E-state index contributed by atoms with van der Waals surface area (Å²) >= 11 is 0. The predicted octanol–water partition coefficient (Wildman–Crippen LogP) is -0.0335. The van der Waals surface area contributed by atoms with Crippen LogP contribution in [0.1, 0.15) is 11.6 Å². The first-order valence-electron chi connectivity index (χ1n) is 3.60. The number of phenolic OH excluding ortho intramolecular Hbond substituents is 1. The molecule has 0 amide bonds. The van der Waals surface area contributed by atoms with Gasteiger partial charge in [0.1, 0.15) is 5.75 Å². The van der Waals surface area contributed by atoms with E-state index in [0.717, 1.165) is 0 Å². The van der Waals surface area contributed by atoms with Gasteiger partial charge in [-0.25, -0.2) is 0 Å². The number of aliphatic hydroxyl groups excluding tert-OH is 1. The number of benzene rings is 1. The van der Waals surface area contributed by atoms with Crippen molar-refractivity contribution >= 4 is 5.69 Å². The molecule has 0 aliphatic rings. The molecule has 0 aliphatic heterocycles. The Bertz CT molecular complexity index is 276. The van der Waals surface area contributed by atoms with E-state index in [9.17, 15) is 0 Å². The lowest BCUT2D eigenvalue weighted by molar-refractivity contribution is 0.268. The lowest BCUT2D eigenvalue weighted by Crippen LogP contribution is -2.14. The molecular weight excluding hydrogens is 156 g/mol. The number of rotatable bonds is 2. The van der Waals surface area contributed by atoms with E-state index in [0.29, 0.717) is 5.56 Å². The molecule has 1 rings (SSSR count). The molecule has 4 heteroatoms. The van der Waals surface area contributed by atoms with Crippen molar-refractivity contribution in [2.45, 2.75) is 6.04 Å². The Kier molecular flexibility index (Phi) is 2.52. The Balaban J connectivity index is 2.96. The molecule has 1 aromatic rings. The molecule has 1 aromatic carbocycles. The second-order valence-corrected chi connectivity index (χ2v) is 2.61. The quantitative estimate of drug-likeness (QED) is 0.368. The molecule has 4 nitrogen and oxygen atoms in total. The molecule has 0 saturated carbocycles. The van der Waals surface area contributed by atoms with Crippen LogP contribution in [0.5, 0.6) is 5.75 Å². The maximum Gasteiger partial charge on any atom is 0.138 e. The van der Waals surface area contributed by atoms with Gasteiger partial charge in [0.25, 0.3) is 0 Å². The average molecular weight is 168 g/mol. The van der Waals surface area contributed by atoms with Crippen LogP contribution < -0.4 is 11.5 Å². The van der Waals surface area contributed by atoms with Crippen molar-refractivity contribution in [3.63, 3.8) is 0 Å². The van der Waals surface area contributed by atoms with Gasteiger partial charge in [-0.3, -0.25) is 0 Å². The van der Waals surface area contributed by atoms with Gasteiger partial charge in [-0.2, -0.15) is 0 Å². The van der Waals surface area contributed by atoms with E-state index < -0.39 is 6.04 Å². The maximum absolute atomic E-state index is 9.07. The summed E-state index contributed by atoms with van der Waals surface area (Å²) < 4.78 is 0. The van der Waals surface area contributed by atoms with Crippen molar-refractivity contribution in [3.05, 3.63) is 23.8 Å². The van der Waals surface area contributed by atoms with Crippen LogP contribution >= 0.6 is 0 Å². The van der Waals surface area contributed by atoms with E-state index >= 15 is 0 Å². The zero-order valence-corrected chi connectivity index (χ0v) is 6.57. The second-order valence-electron chi connectivity index (χ2n) is 2.61. The van der Waals surface area contributed by atoms with E-state index in [4.69, 9.17) is 21.7 Å². The smallest absolute Gasteiger partial charge is 0.138 e. The Labute approximate surface area is 70.4 Å². The van der Waals surface area contributed by atoms with Gasteiger partial charge < -0.3 is 21.7 Å². The zero-order valence-electron chi connectivity index (χ0n) is 6.57. The van der Waals surface area contributed by atoms with Crippen LogP contribution in [0.25, 0.3) is 0 Å². The Morgan fingerprint density at radius 3 is 2.58 bits per heavy atom. The Morgan fingerprint density at radius 2 is 2.08 bits per heavy atom. The first-order chi connectivity index (χ1) is 5.65. The molecule has 0 spiro atoms. The topological polar surface area (TPSA) is 92.5 Å². The number of aromatic hydroxyl groups is 1. The standard InChI is InChI=1S/C8H12N2O2/c9-6-3-5(7(10)4-11)1-2-8(6)12/h1-3,7,11-12H,4,9-10H2/t7-/m1/s1. The van der Waals surface area contributed by atoms with Crippen LogP contribution in [-0.2, 0) is 0 Å². The number of nitrogens with two attached hydrogens (primary N) is 2. The lowest BCUT2D eigenvalue weighted by atomic mass is 10.1. The van der Waals surface area contributed by atoms with E-state index in [1.165, 1.54) is 6.07 Å². The fourth-order valence-electron chi connectivity index (χ4n) is 0.909. The fraction of sp³-hybridized carbons (Fsp3) is 0.250. The third-order valence-electron chi connectivity index (χ3n) is 1.68. The molecule has 1 atom stereocenters. The number of phenols is 1. The highest BCUT2D eigenvalue weighted by Gasteiger charge is 2.05. The molecular formula is C8H12N2O2. The fourth-order valence-corrected chi connectivity index (χ4v) is 0.909. The van der Waals surface area contributed by atoms with Crippen molar-refractivity contribution in [2.24, 2.45) is 5.73 Å². The summed E-state index contributed by atoms with van der Waals surface area (Å²) in [6.07, 6.45) is 0. The van der Waals surface area contributed by atoms with Crippen molar-refractivity contribution in [3.8, 4) is 5.75 Å². The zero-order chi connectivity index (χ0) is 9.14. The SMILES string of the molecule is Nc1cc([C@H](N)CO)ccc1O. The monoisotopic (exact) mass is 168 g/mol. The first-order valence-corrected chi connectivity index (χ1v) is 3.60. The number of anilines is 1. The molecule has 6 N–H and O–H groups in total. The summed E-state index contributed by atoms with van der Waals surface area (Å²) in [4.78, 5) is 0. The molecule has 66 valence electrons. The summed E-state index contributed by atoms with van der Waals surface area (Å²) in [6, 6.07) is 4.20. The van der Waals surface area contributed by atoms with Crippen LogP contribution in [0.15, 0.2) is 18.2 Å². The second kappa shape index (κ2) is 3.42. The number of hydrogen-bond acceptors (Lipinski definition) is 4.